The molecule has 0 spiro atoms. The van der Waals surface area contributed by atoms with Crippen LogP contribution in [0.25, 0.3) is 0 Å². The highest BCUT2D eigenvalue weighted by atomic mass is 16.3. The first-order chi connectivity index (χ1) is 11.9. The van der Waals surface area contributed by atoms with E-state index in [2.05, 4.69) is 38.2 Å². The van der Waals surface area contributed by atoms with Gasteiger partial charge >= 0.3 is 0 Å². The fourth-order valence-electron chi connectivity index (χ4n) is 3.68. The van der Waals surface area contributed by atoms with Gasteiger partial charge < -0.3 is 10.4 Å². The molecule has 4 heteroatoms. The van der Waals surface area contributed by atoms with Crippen molar-refractivity contribution in [2.24, 2.45) is 23.7 Å². The van der Waals surface area contributed by atoms with Crippen LogP contribution < -0.4 is 5.32 Å². The molecule has 4 nitrogen and oxygen atoms in total. The van der Waals surface area contributed by atoms with E-state index in [1.54, 1.807) is 12.1 Å². The third kappa shape index (κ3) is 5.17. The molecule has 0 saturated carbocycles. The molecule has 2 N–H and O–H groups in total. The summed E-state index contributed by atoms with van der Waals surface area (Å²) in [5.41, 5.74) is 2.82. The number of benzene rings is 1. The maximum Gasteiger partial charge on any atom is 0.220 e. The predicted octanol–water partition coefficient (Wildman–Crippen LogP) is 3.41. The van der Waals surface area contributed by atoms with Crippen molar-refractivity contribution < 1.29 is 9.90 Å². The monoisotopic (exact) mass is 340 g/mol. The molecule has 0 aromatic heterocycles. The summed E-state index contributed by atoms with van der Waals surface area (Å²) in [7, 11) is 0. The zero-order chi connectivity index (χ0) is 18.4. The van der Waals surface area contributed by atoms with Crippen LogP contribution in [-0.4, -0.2) is 17.6 Å². The van der Waals surface area contributed by atoms with Gasteiger partial charge in [0.15, 0.2) is 0 Å². The van der Waals surface area contributed by atoms with Gasteiger partial charge in [-0.05, 0) is 48.8 Å². The Morgan fingerprint density at radius 1 is 1.36 bits per heavy atom. The van der Waals surface area contributed by atoms with E-state index in [1.807, 2.05) is 12.1 Å². The average molecular weight is 340 g/mol. The highest BCUT2D eigenvalue weighted by Gasteiger charge is 2.31. The molecule has 0 saturated heterocycles. The van der Waals surface area contributed by atoms with Crippen molar-refractivity contribution in [3.63, 3.8) is 0 Å². The lowest BCUT2D eigenvalue weighted by Gasteiger charge is -2.36. The van der Waals surface area contributed by atoms with Gasteiger partial charge in [0.2, 0.25) is 5.91 Å². The molecule has 25 heavy (non-hydrogen) atoms. The molecule has 0 heterocycles. The number of allylic oxidation sites excluding steroid dienone is 1. The van der Waals surface area contributed by atoms with Crippen molar-refractivity contribution in [2.45, 2.75) is 40.2 Å². The van der Waals surface area contributed by atoms with Crippen LogP contribution in [0.2, 0.25) is 0 Å². The summed E-state index contributed by atoms with van der Waals surface area (Å²) in [5.74, 6) is 1.41. The first-order valence-electron chi connectivity index (χ1n) is 8.99. The lowest BCUT2D eigenvalue weighted by Crippen LogP contribution is -2.32. The van der Waals surface area contributed by atoms with Gasteiger partial charge in [0, 0.05) is 25.5 Å². The lowest BCUT2D eigenvalue weighted by molar-refractivity contribution is -0.122. The number of nitrogens with zero attached hydrogens (tertiary/aromatic N) is 1. The van der Waals surface area contributed by atoms with Crippen molar-refractivity contribution in [3.8, 4) is 6.07 Å². The molecule has 0 aliphatic heterocycles. The number of nitrogens with one attached hydrogen (secondary N) is 1. The summed E-state index contributed by atoms with van der Waals surface area (Å²) in [5, 5.41) is 21.4. The van der Waals surface area contributed by atoms with Crippen LogP contribution in [0.3, 0.4) is 0 Å². The Bertz CT molecular complexity index is 655. The number of hydrogen-bond donors (Lipinski definition) is 2. The summed E-state index contributed by atoms with van der Waals surface area (Å²) in [4.78, 5) is 12.3. The Morgan fingerprint density at radius 2 is 2.04 bits per heavy atom. The van der Waals surface area contributed by atoms with Gasteiger partial charge in [-0.1, -0.05) is 37.6 Å². The third-order valence-corrected chi connectivity index (χ3v) is 5.30. The fraction of sp³-hybridized carbons (Fsp3) is 0.524. The maximum absolute atomic E-state index is 12.3. The summed E-state index contributed by atoms with van der Waals surface area (Å²) in [6, 6.07) is 9.34. The van der Waals surface area contributed by atoms with Crippen LogP contribution in [-0.2, 0) is 11.3 Å². The number of rotatable bonds is 6. The summed E-state index contributed by atoms with van der Waals surface area (Å²) >= 11 is 0. The standard InChI is InChI=1S/C21H28N2O2/c1-14(2)20-9-18(15(3)8-19(20)13-24)10-21(25)23-12-17-6-4-16(11-22)5-7-17/h4-8,14,18-20,24H,9-10,12-13H2,1-3H3,(H,23,25). The second-order valence-electron chi connectivity index (χ2n) is 7.39. The SMILES string of the molecule is CC1=CC(CO)C(C(C)C)CC1CC(=O)NCc1ccc(C#N)cc1. The van der Waals surface area contributed by atoms with Crippen LogP contribution in [0.15, 0.2) is 35.9 Å². The minimum atomic E-state index is 0.0482. The van der Waals surface area contributed by atoms with E-state index in [9.17, 15) is 9.90 Å². The third-order valence-electron chi connectivity index (χ3n) is 5.30. The number of aliphatic hydroxyl groups is 1. The van der Waals surface area contributed by atoms with E-state index >= 15 is 0 Å². The van der Waals surface area contributed by atoms with Gasteiger partial charge in [-0.2, -0.15) is 5.26 Å². The molecule has 0 fully saturated rings. The summed E-state index contributed by atoms with van der Waals surface area (Å²) < 4.78 is 0. The Labute approximate surface area is 150 Å². The Balaban J connectivity index is 1.91. The van der Waals surface area contributed by atoms with Crippen molar-refractivity contribution in [1.29, 1.82) is 5.26 Å². The van der Waals surface area contributed by atoms with E-state index in [4.69, 9.17) is 5.26 Å². The molecule has 1 amide bonds. The molecule has 2 rings (SSSR count). The minimum absolute atomic E-state index is 0.0482. The molecule has 1 aliphatic rings. The van der Waals surface area contributed by atoms with Gasteiger partial charge in [-0.3, -0.25) is 4.79 Å². The first-order valence-corrected chi connectivity index (χ1v) is 8.99. The molecular weight excluding hydrogens is 312 g/mol. The fourth-order valence-corrected chi connectivity index (χ4v) is 3.68. The number of amides is 1. The summed E-state index contributed by atoms with van der Waals surface area (Å²) in [6.07, 6.45) is 3.60. The van der Waals surface area contributed by atoms with Crippen molar-refractivity contribution in [3.05, 3.63) is 47.0 Å². The smallest absolute Gasteiger partial charge is 0.220 e. The highest BCUT2D eigenvalue weighted by Crippen LogP contribution is 2.38. The normalized spacial score (nSPS) is 23.0. The van der Waals surface area contributed by atoms with Crippen LogP contribution in [0.5, 0.6) is 0 Å². The van der Waals surface area contributed by atoms with Gasteiger partial charge in [0.25, 0.3) is 0 Å². The Morgan fingerprint density at radius 3 is 2.60 bits per heavy atom. The van der Waals surface area contributed by atoms with Crippen LogP contribution in [0.1, 0.15) is 44.7 Å². The van der Waals surface area contributed by atoms with E-state index in [1.165, 1.54) is 5.57 Å². The zero-order valence-electron chi connectivity index (χ0n) is 15.3. The Hall–Kier alpha value is -2.12. The molecule has 0 bridgehead atoms. The Kier molecular flexibility index (Phi) is 6.78. The molecular formula is C21H28N2O2. The largest absolute Gasteiger partial charge is 0.396 e. The number of hydrogen-bond acceptors (Lipinski definition) is 3. The van der Waals surface area contributed by atoms with E-state index in [0.717, 1.165) is 12.0 Å². The zero-order valence-corrected chi connectivity index (χ0v) is 15.3. The summed E-state index contributed by atoms with van der Waals surface area (Å²) in [6.45, 7) is 7.09. The molecule has 1 aliphatic carbocycles. The maximum atomic E-state index is 12.3. The molecule has 1 aromatic rings. The van der Waals surface area contributed by atoms with Crippen molar-refractivity contribution in [2.75, 3.05) is 6.61 Å². The molecule has 3 unspecified atom stereocenters. The van der Waals surface area contributed by atoms with E-state index < -0.39 is 0 Å². The number of aliphatic hydroxyl groups excluding tert-OH is 1. The molecule has 1 aromatic carbocycles. The van der Waals surface area contributed by atoms with Crippen molar-refractivity contribution >= 4 is 5.91 Å². The molecule has 0 radical (unpaired) electrons. The van der Waals surface area contributed by atoms with Gasteiger partial charge in [-0.15, -0.1) is 0 Å². The van der Waals surface area contributed by atoms with E-state index in [-0.39, 0.29) is 24.3 Å². The highest BCUT2D eigenvalue weighted by molar-refractivity contribution is 5.76. The lowest BCUT2D eigenvalue weighted by atomic mass is 9.70. The van der Waals surface area contributed by atoms with E-state index in [0.29, 0.717) is 30.4 Å². The van der Waals surface area contributed by atoms with Gasteiger partial charge in [-0.25, -0.2) is 0 Å². The molecule has 134 valence electrons. The van der Waals surface area contributed by atoms with Crippen molar-refractivity contribution in [1.82, 2.24) is 5.32 Å². The van der Waals surface area contributed by atoms with Crippen LogP contribution in [0, 0.1) is 35.0 Å². The van der Waals surface area contributed by atoms with Crippen LogP contribution in [0.4, 0.5) is 0 Å². The second-order valence-corrected chi connectivity index (χ2v) is 7.39. The number of carbonyl (C=O) groups is 1. The number of nitriles is 1. The minimum Gasteiger partial charge on any atom is -0.396 e. The van der Waals surface area contributed by atoms with Gasteiger partial charge in [0.1, 0.15) is 0 Å². The predicted molar refractivity (Wildman–Crippen MR) is 98.4 cm³/mol. The van der Waals surface area contributed by atoms with Crippen LogP contribution >= 0.6 is 0 Å². The number of carbonyl (C=O) groups excluding carboxylic acids is 1. The molecule has 3 atom stereocenters. The first kappa shape index (κ1) is 19.2. The average Bonchev–Trinajstić information content (AvgIpc) is 2.61. The topological polar surface area (TPSA) is 73.1 Å². The second kappa shape index (κ2) is 8.82. The quantitative estimate of drug-likeness (QED) is 0.779. The van der Waals surface area contributed by atoms with Gasteiger partial charge in [0.05, 0.1) is 11.6 Å².